The maximum absolute atomic E-state index is 6.02. The maximum Gasteiger partial charge on any atom is 0.171 e. The molecule has 1 aromatic heterocycles. The van der Waals surface area contributed by atoms with Crippen LogP contribution in [0.4, 0.5) is 5.69 Å². The van der Waals surface area contributed by atoms with Crippen molar-refractivity contribution in [1.82, 2.24) is 14.9 Å². The Hall–Kier alpha value is -2.37. The summed E-state index contributed by atoms with van der Waals surface area (Å²) >= 11 is 11.6. The number of anilines is 1. The Kier molecular flexibility index (Phi) is 5.36. The molecule has 128 valence electrons. The van der Waals surface area contributed by atoms with Gasteiger partial charge in [0.2, 0.25) is 0 Å². The standard InChI is InChI=1S/C19H19ClN4S/c1-13-5-3-4-6-16(13)22-19(25)23-17(18-21-11-12-24(18)2)14-7-9-15(20)10-8-14/h3-12,17H,1-2H3,(H2,22,23,25)/t17-/m1/s1. The lowest BCUT2D eigenvalue weighted by atomic mass is 10.1. The van der Waals surface area contributed by atoms with Crippen LogP contribution in [0.2, 0.25) is 5.02 Å². The number of hydrogen-bond acceptors (Lipinski definition) is 2. The average molecular weight is 371 g/mol. The number of aromatic nitrogens is 2. The third kappa shape index (κ3) is 4.18. The van der Waals surface area contributed by atoms with Crippen LogP contribution in [0.25, 0.3) is 0 Å². The highest BCUT2D eigenvalue weighted by atomic mass is 35.5. The summed E-state index contributed by atoms with van der Waals surface area (Å²) in [5, 5.41) is 7.86. The molecule has 0 unspecified atom stereocenters. The number of aryl methyl sites for hydroxylation is 2. The molecule has 3 rings (SSSR count). The molecule has 0 spiro atoms. The number of thiocarbonyl (C=S) groups is 1. The molecule has 1 heterocycles. The SMILES string of the molecule is Cc1ccccc1NC(=S)N[C@H](c1ccc(Cl)cc1)c1nccn1C. The molecule has 4 nitrogen and oxygen atoms in total. The van der Waals surface area contributed by atoms with Crippen molar-refractivity contribution >= 4 is 34.6 Å². The summed E-state index contributed by atoms with van der Waals surface area (Å²) < 4.78 is 1.97. The second-order valence-corrected chi connectivity index (χ2v) is 6.64. The van der Waals surface area contributed by atoms with Crippen molar-refractivity contribution in [1.29, 1.82) is 0 Å². The number of para-hydroxylation sites is 1. The van der Waals surface area contributed by atoms with Crippen molar-refractivity contribution in [2.45, 2.75) is 13.0 Å². The molecular weight excluding hydrogens is 352 g/mol. The molecule has 0 bridgehead atoms. The molecule has 0 aliphatic carbocycles. The summed E-state index contributed by atoms with van der Waals surface area (Å²) in [7, 11) is 1.96. The van der Waals surface area contributed by atoms with Crippen LogP contribution >= 0.6 is 23.8 Å². The molecule has 0 fully saturated rings. The van der Waals surface area contributed by atoms with Gasteiger partial charge in [-0.05, 0) is 48.5 Å². The van der Waals surface area contributed by atoms with Crippen LogP contribution in [0.3, 0.4) is 0 Å². The molecule has 25 heavy (non-hydrogen) atoms. The molecule has 2 aromatic carbocycles. The summed E-state index contributed by atoms with van der Waals surface area (Å²) in [5.74, 6) is 0.872. The minimum absolute atomic E-state index is 0.179. The van der Waals surface area contributed by atoms with Gasteiger partial charge in [-0.1, -0.05) is 41.9 Å². The molecule has 0 aliphatic heterocycles. The zero-order chi connectivity index (χ0) is 17.8. The molecule has 6 heteroatoms. The highest BCUT2D eigenvalue weighted by Crippen LogP contribution is 2.23. The van der Waals surface area contributed by atoms with Gasteiger partial charge < -0.3 is 15.2 Å². The Morgan fingerprint density at radius 3 is 2.52 bits per heavy atom. The smallest absolute Gasteiger partial charge is 0.171 e. The van der Waals surface area contributed by atoms with E-state index in [0.29, 0.717) is 10.1 Å². The first-order chi connectivity index (χ1) is 12.0. The summed E-state index contributed by atoms with van der Waals surface area (Å²) in [6.45, 7) is 2.04. The largest absolute Gasteiger partial charge is 0.348 e. The van der Waals surface area contributed by atoms with E-state index in [-0.39, 0.29) is 6.04 Å². The van der Waals surface area contributed by atoms with Crippen LogP contribution in [-0.2, 0) is 7.05 Å². The van der Waals surface area contributed by atoms with Crippen molar-refractivity contribution in [2.75, 3.05) is 5.32 Å². The van der Waals surface area contributed by atoms with E-state index in [0.717, 1.165) is 22.6 Å². The predicted octanol–water partition coefficient (Wildman–Crippen LogP) is 4.46. The number of benzene rings is 2. The van der Waals surface area contributed by atoms with E-state index < -0.39 is 0 Å². The second kappa shape index (κ2) is 7.68. The number of imidazole rings is 1. The quantitative estimate of drug-likeness (QED) is 0.665. The van der Waals surface area contributed by atoms with Crippen molar-refractivity contribution in [3.63, 3.8) is 0 Å². The van der Waals surface area contributed by atoms with Gasteiger partial charge in [0.05, 0.1) is 0 Å². The third-order valence-electron chi connectivity index (χ3n) is 3.99. The topological polar surface area (TPSA) is 41.9 Å². The Balaban J connectivity index is 1.85. The fourth-order valence-electron chi connectivity index (χ4n) is 2.61. The number of hydrogen-bond donors (Lipinski definition) is 2. The number of nitrogens with zero attached hydrogens (tertiary/aromatic N) is 2. The van der Waals surface area contributed by atoms with Gasteiger partial charge in [0.15, 0.2) is 5.11 Å². The van der Waals surface area contributed by atoms with Crippen LogP contribution in [-0.4, -0.2) is 14.7 Å². The van der Waals surface area contributed by atoms with E-state index in [2.05, 4.69) is 15.6 Å². The molecule has 0 amide bonds. The monoisotopic (exact) mass is 370 g/mol. The van der Waals surface area contributed by atoms with Crippen LogP contribution in [0.5, 0.6) is 0 Å². The van der Waals surface area contributed by atoms with Gasteiger partial charge >= 0.3 is 0 Å². The fourth-order valence-corrected chi connectivity index (χ4v) is 2.96. The van der Waals surface area contributed by atoms with Crippen LogP contribution in [0.15, 0.2) is 60.9 Å². The van der Waals surface area contributed by atoms with E-state index in [1.165, 1.54) is 0 Å². The number of rotatable bonds is 4. The lowest BCUT2D eigenvalue weighted by molar-refractivity contribution is 0.664. The highest BCUT2D eigenvalue weighted by molar-refractivity contribution is 7.80. The molecule has 0 saturated carbocycles. The van der Waals surface area contributed by atoms with Crippen molar-refractivity contribution in [3.05, 3.63) is 82.9 Å². The number of nitrogens with one attached hydrogen (secondary N) is 2. The average Bonchev–Trinajstić information content (AvgIpc) is 3.01. The van der Waals surface area contributed by atoms with E-state index in [1.54, 1.807) is 6.20 Å². The Morgan fingerprint density at radius 2 is 1.88 bits per heavy atom. The Labute approximate surface area is 157 Å². The Bertz CT molecular complexity index is 873. The van der Waals surface area contributed by atoms with Crippen molar-refractivity contribution in [2.24, 2.45) is 7.05 Å². The summed E-state index contributed by atoms with van der Waals surface area (Å²) in [4.78, 5) is 4.47. The van der Waals surface area contributed by atoms with E-state index in [1.807, 2.05) is 73.3 Å². The zero-order valence-corrected chi connectivity index (χ0v) is 15.6. The van der Waals surface area contributed by atoms with Crippen LogP contribution < -0.4 is 10.6 Å². The first-order valence-electron chi connectivity index (χ1n) is 7.90. The fraction of sp³-hybridized carbons (Fsp3) is 0.158. The second-order valence-electron chi connectivity index (χ2n) is 5.79. The minimum atomic E-state index is -0.179. The van der Waals surface area contributed by atoms with E-state index in [4.69, 9.17) is 23.8 Å². The summed E-state index contributed by atoms with van der Waals surface area (Å²) in [6.07, 6.45) is 3.69. The predicted molar refractivity (Wildman–Crippen MR) is 107 cm³/mol. The normalized spacial score (nSPS) is 11.8. The minimum Gasteiger partial charge on any atom is -0.348 e. The van der Waals surface area contributed by atoms with Gasteiger partial charge in [0.25, 0.3) is 0 Å². The Morgan fingerprint density at radius 1 is 1.16 bits per heavy atom. The molecule has 0 saturated heterocycles. The molecule has 3 aromatic rings. The summed E-state index contributed by atoms with van der Waals surface area (Å²) in [5.41, 5.74) is 3.15. The lowest BCUT2D eigenvalue weighted by Crippen LogP contribution is -2.34. The maximum atomic E-state index is 6.02. The van der Waals surface area contributed by atoms with Gasteiger partial charge in [-0.2, -0.15) is 0 Å². The van der Waals surface area contributed by atoms with Gasteiger partial charge in [-0.3, -0.25) is 0 Å². The number of halogens is 1. The van der Waals surface area contributed by atoms with Crippen molar-refractivity contribution < 1.29 is 0 Å². The van der Waals surface area contributed by atoms with Gasteiger partial charge in [0.1, 0.15) is 11.9 Å². The van der Waals surface area contributed by atoms with E-state index in [9.17, 15) is 0 Å². The summed E-state index contributed by atoms with van der Waals surface area (Å²) in [6, 6.07) is 15.5. The molecule has 0 aliphatic rings. The third-order valence-corrected chi connectivity index (χ3v) is 4.46. The van der Waals surface area contributed by atoms with Gasteiger partial charge in [-0.15, -0.1) is 0 Å². The first kappa shape index (κ1) is 17.5. The lowest BCUT2D eigenvalue weighted by Gasteiger charge is -2.22. The first-order valence-corrected chi connectivity index (χ1v) is 8.69. The molecule has 2 N–H and O–H groups in total. The highest BCUT2D eigenvalue weighted by Gasteiger charge is 2.19. The van der Waals surface area contributed by atoms with Gasteiger partial charge in [0, 0.05) is 30.2 Å². The van der Waals surface area contributed by atoms with Gasteiger partial charge in [-0.25, -0.2) is 4.98 Å². The zero-order valence-electron chi connectivity index (χ0n) is 14.0. The van der Waals surface area contributed by atoms with Crippen LogP contribution in [0, 0.1) is 6.92 Å². The molecular formula is C19H19ClN4S. The van der Waals surface area contributed by atoms with Crippen LogP contribution in [0.1, 0.15) is 23.0 Å². The molecule has 1 atom stereocenters. The molecule has 0 radical (unpaired) electrons. The van der Waals surface area contributed by atoms with Crippen molar-refractivity contribution in [3.8, 4) is 0 Å². The van der Waals surface area contributed by atoms with E-state index >= 15 is 0 Å².